The van der Waals surface area contributed by atoms with E-state index in [2.05, 4.69) is 12.6 Å². The van der Waals surface area contributed by atoms with Crippen molar-refractivity contribution in [3.63, 3.8) is 0 Å². The number of hydrogen-bond donors (Lipinski definition) is 1. The highest BCUT2D eigenvalue weighted by molar-refractivity contribution is 7.96. The SMILES string of the molecule is CCC(CCCCC(=O)S)C(C)=O. The van der Waals surface area contributed by atoms with Crippen LogP contribution in [0.1, 0.15) is 46.0 Å². The first-order valence-corrected chi connectivity index (χ1v) is 5.24. The third-order valence-corrected chi connectivity index (χ3v) is 2.48. The van der Waals surface area contributed by atoms with Crippen molar-refractivity contribution in [3.8, 4) is 0 Å². The zero-order valence-corrected chi connectivity index (χ0v) is 9.27. The zero-order chi connectivity index (χ0) is 10.3. The van der Waals surface area contributed by atoms with Gasteiger partial charge in [-0.2, -0.15) is 0 Å². The number of carbonyl (C=O) groups is 2. The summed E-state index contributed by atoms with van der Waals surface area (Å²) in [5.74, 6) is 0.453. The van der Waals surface area contributed by atoms with Crippen LogP contribution in [0.25, 0.3) is 0 Å². The minimum atomic E-state index is -0.0594. The maximum atomic E-state index is 11.0. The second kappa shape index (κ2) is 7.13. The van der Waals surface area contributed by atoms with Gasteiger partial charge in [0.05, 0.1) is 0 Å². The van der Waals surface area contributed by atoms with Gasteiger partial charge in [0.2, 0.25) is 0 Å². The van der Waals surface area contributed by atoms with Crippen molar-refractivity contribution in [1.82, 2.24) is 0 Å². The normalized spacial score (nSPS) is 12.5. The molecule has 13 heavy (non-hydrogen) atoms. The quantitative estimate of drug-likeness (QED) is 0.508. The molecule has 0 aromatic carbocycles. The van der Waals surface area contributed by atoms with E-state index in [1.807, 2.05) is 6.92 Å². The Hall–Kier alpha value is -0.310. The average Bonchev–Trinajstić information content (AvgIpc) is 2.03. The summed E-state index contributed by atoms with van der Waals surface area (Å²) in [6, 6.07) is 0. The number of ketones is 1. The minimum Gasteiger partial charge on any atom is -0.300 e. The molecule has 0 spiro atoms. The van der Waals surface area contributed by atoms with Crippen LogP contribution in [0.15, 0.2) is 0 Å². The predicted molar refractivity (Wildman–Crippen MR) is 56.9 cm³/mol. The van der Waals surface area contributed by atoms with E-state index in [9.17, 15) is 9.59 Å². The molecule has 0 radical (unpaired) electrons. The maximum Gasteiger partial charge on any atom is 0.185 e. The molecule has 3 heteroatoms. The molecule has 1 atom stereocenters. The molecule has 0 aliphatic carbocycles. The smallest absolute Gasteiger partial charge is 0.185 e. The van der Waals surface area contributed by atoms with E-state index in [1.54, 1.807) is 6.92 Å². The largest absolute Gasteiger partial charge is 0.300 e. The van der Waals surface area contributed by atoms with E-state index in [1.165, 1.54) is 0 Å². The van der Waals surface area contributed by atoms with Crippen LogP contribution in [0.3, 0.4) is 0 Å². The summed E-state index contributed by atoms with van der Waals surface area (Å²) in [5, 5.41) is -0.0594. The van der Waals surface area contributed by atoms with Crippen molar-refractivity contribution in [3.05, 3.63) is 0 Å². The van der Waals surface area contributed by atoms with Gasteiger partial charge in [-0.05, 0) is 26.2 Å². The van der Waals surface area contributed by atoms with Gasteiger partial charge in [0.25, 0.3) is 0 Å². The molecule has 0 saturated carbocycles. The highest BCUT2D eigenvalue weighted by Gasteiger charge is 2.10. The molecule has 0 fully saturated rings. The molecule has 1 unspecified atom stereocenters. The van der Waals surface area contributed by atoms with Crippen LogP contribution in [0.2, 0.25) is 0 Å². The highest BCUT2D eigenvalue weighted by atomic mass is 32.1. The van der Waals surface area contributed by atoms with Crippen molar-refractivity contribution in [2.45, 2.75) is 46.0 Å². The molecule has 0 bridgehead atoms. The number of hydrogen-bond acceptors (Lipinski definition) is 2. The highest BCUT2D eigenvalue weighted by Crippen LogP contribution is 2.14. The van der Waals surface area contributed by atoms with E-state index >= 15 is 0 Å². The molecule has 0 rings (SSSR count). The molecule has 0 saturated heterocycles. The first-order chi connectivity index (χ1) is 6.07. The van der Waals surface area contributed by atoms with Gasteiger partial charge < -0.3 is 0 Å². The molecule has 0 aromatic rings. The molecule has 0 N–H and O–H groups in total. The van der Waals surface area contributed by atoms with Crippen molar-refractivity contribution in [1.29, 1.82) is 0 Å². The molecule has 2 nitrogen and oxygen atoms in total. The molecule has 0 heterocycles. The summed E-state index contributed by atoms with van der Waals surface area (Å²) >= 11 is 3.68. The van der Waals surface area contributed by atoms with Gasteiger partial charge >= 0.3 is 0 Å². The fraction of sp³-hybridized carbons (Fsp3) is 0.800. The number of thiol groups is 1. The van der Waals surface area contributed by atoms with Crippen LogP contribution in [-0.2, 0) is 9.59 Å². The van der Waals surface area contributed by atoms with Gasteiger partial charge in [-0.3, -0.25) is 9.59 Å². The Bertz CT molecular complexity index is 178. The number of Topliss-reactive ketones (excluding diaryl/α,β-unsaturated/α-hetero) is 1. The van der Waals surface area contributed by atoms with Gasteiger partial charge in [-0.25, -0.2) is 0 Å². The summed E-state index contributed by atoms with van der Waals surface area (Å²) in [6.07, 6.45) is 4.14. The topological polar surface area (TPSA) is 34.1 Å². The van der Waals surface area contributed by atoms with E-state index in [0.29, 0.717) is 6.42 Å². The summed E-state index contributed by atoms with van der Waals surface area (Å²) in [5.41, 5.74) is 0. The summed E-state index contributed by atoms with van der Waals surface area (Å²) < 4.78 is 0. The summed E-state index contributed by atoms with van der Waals surface area (Å²) in [4.78, 5) is 21.5. The van der Waals surface area contributed by atoms with Crippen molar-refractivity contribution >= 4 is 23.5 Å². The van der Waals surface area contributed by atoms with Crippen molar-refractivity contribution in [2.75, 3.05) is 0 Å². The van der Waals surface area contributed by atoms with Crippen molar-refractivity contribution < 1.29 is 9.59 Å². The lowest BCUT2D eigenvalue weighted by molar-refractivity contribution is -0.121. The van der Waals surface area contributed by atoms with Crippen LogP contribution < -0.4 is 0 Å². The van der Waals surface area contributed by atoms with E-state index in [-0.39, 0.29) is 16.8 Å². The molecule has 0 aliphatic rings. The minimum absolute atomic E-state index is 0.0594. The lowest BCUT2D eigenvalue weighted by Crippen LogP contribution is -2.09. The number of rotatable bonds is 7. The van der Waals surface area contributed by atoms with E-state index in [4.69, 9.17) is 0 Å². The van der Waals surface area contributed by atoms with Gasteiger partial charge in [0.15, 0.2) is 5.12 Å². The first-order valence-electron chi connectivity index (χ1n) is 4.80. The lowest BCUT2D eigenvalue weighted by Gasteiger charge is -2.09. The van der Waals surface area contributed by atoms with Crippen LogP contribution in [0.5, 0.6) is 0 Å². The van der Waals surface area contributed by atoms with E-state index in [0.717, 1.165) is 25.7 Å². The second-order valence-corrected chi connectivity index (χ2v) is 3.85. The van der Waals surface area contributed by atoms with Crippen LogP contribution >= 0.6 is 12.6 Å². The average molecular weight is 202 g/mol. The van der Waals surface area contributed by atoms with Crippen LogP contribution in [0, 0.1) is 5.92 Å². The molecular weight excluding hydrogens is 184 g/mol. The standard InChI is InChI=1S/C10H18O2S/c1-3-9(8(2)11)6-4-5-7-10(12)13/h9H,3-7H2,1-2H3,(H,12,13). The molecule has 0 aliphatic heterocycles. The Kier molecular flexibility index (Phi) is 6.96. The monoisotopic (exact) mass is 202 g/mol. The van der Waals surface area contributed by atoms with Crippen LogP contribution in [0.4, 0.5) is 0 Å². The van der Waals surface area contributed by atoms with Crippen LogP contribution in [-0.4, -0.2) is 10.9 Å². The fourth-order valence-corrected chi connectivity index (χ4v) is 1.52. The lowest BCUT2D eigenvalue weighted by atomic mass is 9.95. The summed E-state index contributed by atoms with van der Waals surface area (Å²) in [6.45, 7) is 3.66. The molecule has 76 valence electrons. The Morgan fingerprint density at radius 2 is 1.92 bits per heavy atom. The Morgan fingerprint density at radius 1 is 1.31 bits per heavy atom. The Morgan fingerprint density at radius 3 is 2.31 bits per heavy atom. The van der Waals surface area contributed by atoms with Gasteiger partial charge in [-0.1, -0.05) is 13.3 Å². The molecule has 0 amide bonds. The first kappa shape index (κ1) is 12.7. The van der Waals surface area contributed by atoms with Gasteiger partial charge in [0, 0.05) is 12.3 Å². The molecule has 0 aromatic heterocycles. The van der Waals surface area contributed by atoms with Gasteiger partial charge in [0.1, 0.15) is 5.78 Å². The van der Waals surface area contributed by atoms with Gasteiger partial charge in [-0.15, -0.1) is 12.6 Å². The predicted octanol–water partition coefficient (Wildman–Crippen LogP) is 2.62. The maximum absolute atomic E-state index is 11.0. The summed E-state index contributed by atoms with van der Waals surface area (Å²) in [7, 11) is 0. The zero-order valence-electron chi connectivity index (χ0n) is 8.38. The fourth-order valence-electron chi connectivity index (χ4n) is 1.36. The Labute approximate surface area is 85.5 Å². The third-order valence-electron chi connectivity index (χ3n) is 2.26. The Balaban J connectivity index is 3.50. The second-order valence-electron chi connectivity index (χ2n) is 3.36. The van der Waals surface area contributed by atoms with E-state index < -0.39 is 0 Å². The number of carbonyl (C=O) groups excluding carboxylic acids is 2. The molecular formula is C10H18O2S. The third kappa shape index (κ3) is 6.82. The number of unbranched alkanes of at least 4 members (excludes halogenated alkanes) is 1. The van der Waals surface area contributed by atoms with Crippen molar-refractivity contribution in [2.24, 2.45) is 5.92 Å².